The molecule has 0 saturated heterocycles. The van der Waals surface area contributed by atoms with E-state index in [-0.39, 0.29) is 29.5 Å². The number of hydrogen-bond acceptors (Lipinski definition) is 2. The Labute approximate surface area is 104 Å². The quantitative estimate of drug-likeness (QED) is 0.525. The number of carbonyl (C=O) groups excluding carboxylic acids is 1. The Morgan fingerprint density at radius 1 is 1.44 bits per heavy atom. The first-order chi connectivity index (χ1) is 7.31. The van der Waals surface area contributed by atoms with Crippen LogP contribution in [-0.4, -0.2) is 17.6 Å². The number of fused-ring (bicyclic) bond motifs is 1. The Hall–Kier alpha value is -1.36. The zero-order valence-corrected chi connectivity index (χ0v) is 10.5. The molecule has 0 spiro atoms. The minimum atomic E-state index is -0.216. The zero-order valence-electron chi connectivity index (χ0n) is 8.94. The van der Waals surface area contributed by atoms with E-state index in [4.69, 9.17) is 4.74 Å². The molecule has 0 bridgehead atoms. The number of imidazole rings is 1. The van der Waals surface area contributed by atoms with Crippen LogP contribution in [0.15, 0.2) is 30.6 Å². The van der Waals surface area contributed by atoms with Gasteiger partial charge in [0.15, 0.2) is 17.6 Å². The Balaban J connectivity index is 0.00000128. The number of benzene rings is 1. The van der Waals surface area contributed by atoms with Crippen LogP contribution in [0.25, 0.3) is 11.0 Å². The fourth-order valence-electron chi connectivity index (χ4n) is 1.54. The van der Waals surface area contributed by atoms with Gasteiger partial charge in [0.25, 0.3) is 0 Å². The van der Waals surface area contributed by atoms with Crippen LogP contribution < -0.4 is 21.5 Å². The molecular formula is C11H13BrN2O2. The van der Waals surface area contributed by atoms with Crippen LogP contribution >= 0.6 is 0 Å². The van der Waals surface area contributed by atoms with Gasteiger partial charge in [-0.3, -0.25) is 0 Å². The lowest BCUT2D eigenvalue weighted by molar-refractivity contribution is -0.659. The molecule has 0 atom stereocenters. The minimum Gasteiger partial charge on any atom is -1.00 e. The van der Waals surface area contributed by atoms with Gasteiger partial charge in [0.1, 0.15) is 0 Å². The lowest BCUT2D eigenvalue weighted by Crippen LogP contribution is -3.00. The van der Waals surface area contributed by atoms with E-state index in [1.165, 1.54) is 0 Å². The molecule has 5 heteroatoms. The molecule has 0 aliphatic carbocycles. The predicted molar refractivity (Wildman–Crippen MR) is 55.1 cm³/mol. The summed E-state index contributed by atoms with van der Waals surface area (Å²) in [6.07, 6.45) is 1.78. The largest absolute Gasteiger partial charge is 1.00 e. The molecule has 0 amide bonds. The van der Waals surface area contributed by atoms with E-state index >= 15 is 0 Å². The number of H-pyrrole nitrogens is 1. The van der Waals surface area contributed by atoms with E-state index in [0.717, 1.165) is 11.0 Å². The van der Waals surface area contributed by atoms with Gasteiger partial charge in [0.05, 0.1) is 6.61 Å². The third-order valence-corrected chi connectivity index (χ3v) is 2.19. The fraction of sp³-hybridized carbons (Fsp3) is 0.273. The molecule has 1 N–H and O–H groups in total. The van der Waals surface area contributed by atoms with Crippen LogP contribution in [0.5, 0.6) is 0 Å². The summed E-state index contributed by atoms with van der Waals surface area (Å²) in [5.74, 6) is -0.216. The van der Waals surface area contributed by atoms with E-state index in [1.54, 1.807) is 13.3 Å². The van der Waals surface area contributed by atoms with Crippen LogP contribution in [-0.2, 0) is 16.1 Å². The highest BCUT2D eigenvalue weighted by Gasteiger charge is 2.12. The third-order valence-electron chi connectivity index (χ3n) is 2.19. The second kappa shape index (κ2) is 5.65. The topological polar surface area (TPSA) is 46.0 Å². The van der Waals surface area contributed by atoms with Crippen molar-refractivity contribution in [1.82, 2.24) is 4.98 Å². The van der Waals surface area contributed by atoms with Crippen LogP contribution in [0.3, 0.4) is 0 Å². The van der Waals surface area contributed by atoms with Crippen molar-refractivity contribution in [3.8, 4) is 0 Å². The van der Waals surface area contributed by atoms with Gasteiger partial charge in [-0.1, -0.05) is 12.1 Å². The number of aromatic nitrogens is 2. The molecule has 0 fully saturated rings. The third kappa shape index (κ3) is 2.61. The van der Waals surface area contributed by atoms with Gasteiger partial charge in [0.2, 0.25) is 6.33 Å². The van der Waals surface area contributed by atoms with Crippen LogP contribution in [0, 0.1) is 0 Å². The number of para-hydroxylation sites is 2. The number of carbonyl (C=O) groups is 1. The molecule has 2 rings (SSSR count). The second-order valence-corrected chi connectivity index (χ2v) is 3.22. The normalized spacial score (nSPS) is 9.81. The molecule has 1 aromatic heterocycles. The molecule has 16 heavy (non-hydrogen) atoms. The van der Waals surface area contributed by atoms with E-state index in [0.29, 0.717) is 6.61 Å². The summed E-state index contributed by atoms with van der Waals surface area (Å²) in [5.41, 5.74) is 2.02. The number of halogens is 1. The molecule has 0 saturated carbocycles. The first-order valence-corrected chi connectivity index (χ1v) is 4.92. The van der Waals surface area contributed by atoms with Gasteiger partial charge in [-0.2, -0.15) is 0 Å². The van der Waals surface area contributed by atoms with Crippen molar-refractivity contribution in [2.75, 3.05) is 6.61 Å². The summed E-state index contributed by atoms with van der Waals surface area (Å²) >= 11 is 0. The maximum Gasteiger partial charge on any atom is 0.348 e. The van der Waals surface area contributed by atoms with Gasteiger partial charge in [-0.15, -0.1) is 0 Å². The molecule has 0 unspecified atom stereocenters. The molecule has 1 heterocycles. The van der Waals surface area contributed by atoms with Gasteiger partial charge >= 0.3 is 5.97 Å². The van der Waals surface area contributed by atoms with Crippen molar-refractivity contribution in [3.63, 3.8) is 0 Å². The fourth-order valence-corrected chi connectivity index (χ4v) is 1.54. The number of nitrogens with zero attached hydrogens (tertiary/aromatic N) is 1. The molecule has 0 aliphatic rings. The highest BCUT2D eigenvalue weighted by atomic mass is 79.9. The van der Waals surface area contributed by atoms with E-state index in [1.807, 2.05) is 28.8 Å². The Bertz CT molecular complexity index is 482. The molecular weight excluding hydrogens is 272 g/mol. The first kappa shape index (κ1) is 12.7. The zero-order chi connectivity index (χ0) is 10.7. The molecule has 86 valence electrons. The van der Waals surface area contributed by atoms with E-state index < -0.39 is 0 Å². The van der Waals surface area contributed by atoms with Crippen LogP contribution in [0.1, 0.15) is 6.92 Å². The van der Waals surface area contributed by atoms with Crippen molar-refractivity contribution in [2.45, 2.75) is 13.5 Å². The Morgan fingerprint density at radius 2 is 2.19 bits per heavy atom. The number of esters is 1. The Morgan fingerprint density at radius 3 is 2.94 bits per heavy atom. The number of hydrogen-bond donors (Lipinski definition) is 1. The van der Waals surface area contributed by atoms with Crippen molar-refractivity contribution >= 4 is 17.0 Å². The van der Waals surface area contributed by atoms with Crippen LogP contribution in [0.2, 0.25) is 0 Å². The summed E-state index contributed by atoms with van der Waals surface area (Å²) < 4.78 is 6.73. The molecule has 0 radical (unpaired) electrons. The summed E-state index contributed by atoms with van der Waals surface area (Å²) in [6.45, 7) is 2.47. The van der Waals surface area contributed by atoms with Crippen molar-refractivity contribution in [2.24, 2.45) is 0 Å². The smallest absolute Gasteiger partial charge is 0.348 e. The minimum absolute atomic E-state index is 0. The highest BCUT2D eigenvalue weighted by molar-refractivity contribution is 5.72. The van der Waals surface area contributed by atoms with Gasteiger partial charge in [-0.25, -0.2) is 14.3 Å². The summed E-state index contributed by atoms with van der Waals surface area (Å²) in [7, 11) is 0. The lowest BCUT2D eigenvalue weighted by atomic mass is 10.3. The number of rotatable bonds is 3. The predicted octanol–water partition coefficient (Wildman–Crippen LogP) is -1.98. The average molecular weight is 285 g/mol. The SMILES string of the molecule is CCOC(=O)C[n+]1c[nH]c2ccccc21.[Br-]. The van der Waals surface area contributed by atoms with E-state index in [2.05, 4.69) is 4.98 Å². The van der Waals surface area contributed by atoms with Crippen molar-refractivity contribution in [1.29, 1.82) is 0 Å². The molecule has 2 aromatic rings. The van der Waals surface area contributed by atoms with Crippen molar-refractivity contribution in [3.05, 3.63) is 30.6 Å². The van der Waals surface area contributed by atoms with Gasteiger partial charge in [0, 0.05) is 0 Å². The summed E-state index contributed by atoms with van der Waals surface area (Å²) in [5, 5.41) is 0. The molecule has 1 aromatic carbocycles. The Kier molecular flexibility index (Phi) is 4.49. The maximum absolute atomic E-state index is 11.3. The second-order valence-electron chi connectivity index (χ2n) is 3.22. The highest BCUT2D eigenvalue weighted by Crippen LogP contribution is 2.05. The van der Waals surface area contributed by atoms with E-state index in [9.17, 15) is 4.79 Å². The molecule has 0 aliphatic heterocycles. The number of ether oxygens (including phenoxy) is 1. The summed E-state index contributed by atoms with van der Waals surface area (Å²) in [6, 6.07) is 7.83. The van der Waals surface area contributed by atoms with Crippen molar-refractivity contribution < 1.29 is 31.1 Å². The monoisotopic (exact) mass is 284 g/mol. The first-order valence-electron chi connectivity index (χ1n) is 4.92. The summed E-state index contributed by atoms with van der Waals surface area (Å²) in [4.78, 5) is 14.4. The number of nitrogens with one attached hydrogen (secondary N) is 1. The van der Waals surface area contributed by atoms with Gasteiger partial charge in [-0.05, 0) is 19.1 Å². The average Bonchev–Trinajstić information content (AvgIpc) is 2.62. The molecule has 4 nitrogen and oxygen atoms in total. The standard InChI is InChI=1S/C11H12N2O2.BrH/c1-2-15-11(14)7-13-8-12-9-5-3-4-6-10(9)13;/h3-6,8H,2,7H2,1H3;1H. The van der Waals surface area contributed by atoms with Crippen LogP contribution in [0.4, 0.5) is 0 Å². The van der Waals surface area contributed by atoms with Gasteiger partial charge < -0.3 is 21.7 Å². The maximum atomic E-state index is 11.3. The lowest BCUT2D eigenvalue weighted by Gasteiger charge is -1.98. The number of aromatic amines is 1.